The van der Waals surface area contributed by atoms with Crippen molar-refractivity contribution in [3.63, 3.8) is 0 Å². The van der Waals surface area contributed by atoms with Gasteiger partial charge in [0.15, 0.2) is 12.6 Å². The number of aromatic hydroxyl groups is 1. The van der Waals surface area contributed by atoms with Gasteiger partial charge < -0.3 is 14.6 Å². The number of benzene rings is 2. The van der Waals surface area contributed by atoms with Crippen LogP contribution in [0, 0.1) is 0 Å². The van der Waals surface area contributed by atoms with E-state index in [9.17, 15) is 23.1 Å². The number of ketones is 1. The van der Waals surface area contributed by atoms with Gasteiger partial charge in [-0.05, 0) is 30.4 Å². The molecule has 0 unspecified atom stereocenters. The maximum absolute atomic E-state index is 13.2. The summed E-state index contributed by atoms with van der Waals surface area (Å²) in [6.07, 6.45) is -2.44. The first-order chi connectivity index (χ1) is 12.3. The molecule has 8 heteroatoms. The first-order valence-electron chi connectivity index (χ1n) is 7.27. The summed E-state index contributed by atoms with van der Waals surface area (Å²) in [5.41, 5.74) is -1.03. The zero-order valence-electron chi connectivity index (χ0n) is 13.5. The van der Waals surface area contributed by atoms with E-state index < -0.39 is 35.8 Å². The highest BCUT2D eigenvalue weighted by Crippen LogP contribution is 2.38. The van der Waals surface area contributed by atoms with E-state index in [0.29, 0.717) is 0 Å². The quantitative estimate of drug-likeness (QED) is 0.434. The van der Waals surface area contributed by atoms with Crippen LogP contribution in [-0.4, -0.2) is 24.8 Å². The molecule has 0 aliphatic rings. The van der Waals surface area contributed by atoms with Gasteiger partial charge in [-0.15, -0.1) is 0 Å². The lowest BCUT2D eigenvalue weighted by Gasteiger charge is -2.15. The van der Waals surface area contributed by atoms with Crippen molar-refractivity contribution in [2.24, 2.45) is 0 Å². The maximum Gasteiger partial charge on any atom is 0.419 e. The smallest absolute Gasteiger partial charge is 0.419 e. The topological polar surface area (TPSA) is 55.8 Å². The Bertz CT molecular complexity index is 832. The van der Waals surface area contributed by atoms with Crippen molar-refractivity contribution in [2.75, 3.05) is 13.9 Å². The molecular weight excluding hydrogens is 373 g/mol. The number of hydrogen-bond acceptors (Lipinski definition) is 4. The molecule has 2 rings (SSSR count). The Morgan fingerprint density at radius 1 is 1.23 bits per heavy atom. The molecule has 0 fully saturated rings. The van der Waals surface area contributed by atoms with Crippen molar-refractivity contribution in [3.05, 3.63) is 64.2 Å². The molecule has 26 heavy (non-hydrogen) atoms. The molecule has 0 aromatic heterocycles. The van der Waals surface area contributed by atoms with Gasteiger partial charge in [-0.1, -0.05) is 29.8 Å². The third-order valence-electron chi connectivity index (χ3n) is 3.34. The molecule has 0 amide bonds. The second-order valence-electron chi connectivity index (χ2n) is 5.11. The summed E-state index contributed by atoms with van der Waals surface area (Å²) in [6.45, 7) is -0.392. The van der Waals surface area contributed by atoms with Gasteiger partial charge in [0.2, 0.25) is 0 Å². The number of carbonyl (C=O) groups is 1. The standard InChI is InChI=1S/C18H14ClF3O4/c1-25-10-26-17-11(4-2-6-13(17)18(20,21)22)8-9-15(23)12-5-3-7-14(19)16(12)24/h2-9,24H,10H2,1H3/b9-8+. The average Bonchev–Trinajstić information content (AvgIpc) is 2.59. The van der Waals surface area contributed by atoms with Crippen LogP contribution in [0.2, 0.25) is 5.02 Å². The largest absolute Gasteiger partial charge is 0.506 e. The summed E-state index contributed by atoms with van der Waals surface area (Å²) >= 11 is 5.74. The summed E-state index contributed by atoms with van der Waals surface area (Å²) in [5, 5.41) is 9.80. The van der Waals surface area contributed by atoms with Crippen molar-refractivity contribution < 1.29 is 32.5 Å². The van der Waals surface area contributed by atoms with Crippen molar-refractivity contribution in [2.45, 2.75) is 6.18 Å². The number of para-hydroxylation sites is 2. The van der Waals surface area contributed by atoms with Gasteiger partial charge in [0.05, 0.1) is 16.1 Å². The minimum absolute atomic E-state index is 0.00700. The van der Waals surface area contributed by atoms with Crippen LogP contribution in [0.4, 0.5) is 13.2 Å². The van der Waals surface area contributed by atoms with Gasteiger partial charge in [0.25, 0.3) is 0 Å². The maximum atomic E-state index is 13.2. The Balaban J connectivity index is 2.40. The number of phenols is 1. The van der Waals surface area contributed by atoms with Gasteiger partial charge in [0, 0.05) is 12.7 Å². The van der Waals surface area contributed by atoms with Crippen LogP contribution in [0.25, 0.3) is 6.08 Å². The van der Waals surface area contributed by atoms with Crippen molar-refractivity contribution in [1.29, 1.82) is 0 Å². The summed E-state index contributed by atoms with van der Waals surface area (Å²) in [7, 11) is 1.27. The van der Waals surface area contributed by atoms with Crippen molar-refractivity contribution in [1.82, 2.24) is 0 Å². The molecular formula is C18H14ClF3O4. The first-order valence-corrected chi connectivity index (χ1v) is 7.65. The van der Waals surface area contributed by atoms with Gasteiger partial charge >= 0.3 is 6.18 Å². The van der Waals surface area contributed by atoms with E-state index in [-0.39, 0.29) is 16.1 Å². The molecule has 0 atom stereocenters. The number of rotatable bonds is 6. The van der Waals surface area contributed by atoms with Crippen LogP contribution < -0.4 is 4.74 Å². The molecule has 0 aliphatic carbocycles. The fourth-order valence-electron chi connectivity index (χ4n) is 2.16. The Morgan fingerprint density at radius 3 is 2.58 bits per heavy atom. The SMILES string of the molecule is COCOc1c(/C=C/C(=O)c2cccc(Cl)c2O)cccc1C(F)(F)F. The monoisotopic (exact) mass is 386 g/mol. The molecule has 0 bridgehead atoms. The van der Waals surface area contributed by atoms with E-state index in [2.05, 4.69) is 4.74 Å². The number of halogens is 4. The molecule has 0 heterocycles. The zero-order valence-corrected chi connectivity index (χ0v) is 14.3. The Kier molecular flexibility index (Phi) is 6.28. The van der Waals surface area contributed by atoms with Crippen molar-refractivity contribution in [3.8, 4) is 11.5 Å². The Labute approximate surface area is 152 Å². The van der Waals surface area contributed by atoms with Crippen LogP contribution in [0.3, 0.4) is 0 Å². The molecule has 1 N–H and O–H groups in total. The lowest BCUT2D eigenvalue weighted by molar-refractivity contribution is -0.139. The van der Waals surface area contributed by atoms with E-state index >= 15 is 0 Å². The third kappa shape index (κ3) is 4.56. The highest BCUT2D eigenvalue weighted by molar-refractivity contribution is 6.32. The molecule has 0 saturated heterocycles. The fourth-order valence-corrected chi connectivity index (χ4v) is 2.33. The number of allylic oxidation sites excluding steroid dienone is 1. The minimum Gasteiger partial charge on any atom is -0.506 e. The van der Waals surface area contributed by atoms with Gasteiger partial charge in [0.1, 0.15) is 11.5 Å². The number of hydrogen-bond donors (Lipinski definition) is 1. The van der Waals surface area contributed by atoms with Crippen LogP contribution in [0.5, 0.6) is 11.5 Å². The molecule has 138 valence electrons. The Hall–Kier alpha value is -2.51. The molecule has 0 aliphatic heterocycles. The number of methoxy groups -OCH3 is 1. The van der Waals surface area contributed by atoms with E-state index in [1.54, 1.807) is 0 Å². The molecule has 0 spiro atoms. The second-order valence-corrected chi connectivity index (χ2v) is 5.51. The molecule has 0 saturated carbocycles. The third-order valence-corrected chi connectivity index (χ3v) is 3.64. The lowest BCUT2D eigenvalue weighted by atomic mass is 10.1. The molecule has 4 nitrogen and oxygen atoms in total. The van der Waals surface area contributed by atoms with Crippen LogP contribution >= 0.6 is 11.6 Å². The predicted molar refractivity (Wildman–Crippen MR) is 90.4 cm³/mol. The normalized spacial score (nSPS) is 11.7. The van der Waals surface area contributed by atoms with Crippen molar-refractivity contribution >= 4 is 23.5 Å². The summed E-state index contributed by atoms with van der Waals surface area (Å²) in [6, 6.07) is 7.65. The second kappa shape index (κ2) is 8.25. The fraction of sp³-hybridized carbons (Fsp3) is 0.167. The number of ether oxygens (including phenoxy) is 2. The highest BCUT2D eigenvalue weighted by atomic mass is 35.5. The summed E-state index contributed by atoms with van der Waals surface area (Å²) < 4.78 is 49.2. The van der Waals surface area contributed by atoms with E-state index in [0.717, 1.165) is 12.1 Å². The van der Waals surface area contributed by atoms with Crippen LogP contribution in [-0.2, 0) is 10.9 Å². The number of phenolic OH excluding ortho intramolecular Hbond substituents is 1. The highest BCUT2D eigenvalue weighted by Gasteiger charge is 2.35. The van der Waals surface area contributed by atoms with E-state index in [1.807, 2.05) is 0 Å². The van der Waals surface area contributed by atoms with E-state index in [4.69, 9.17) is 16.3 Å². The summed E-state index contributed by atoms with van der Waals surface area (Å²) in [4.78, 5) is 12.2. The van der Waals surface area contributed by atoms with Gasteiger partial charge in [-0.25, -0.2) is 0 Å². The predicted octanol–water partition coefficient (Wildman–Crippen LogP) is 4.94. The van der Waals surface area contributed by atoms with E-state index in [1.165, 1.54) is 43.5 Å². The average molecular weight is 387 g/mol. The minimum atomic E-state index is -4.64. The molecule has 2 aromatic carbocycles. The Morgan fingerprint density at radius 2 is 1.92 bits per heavy atom. The number of carbonyl (C=O) groups excluding carboxylic acids is 1. The van der Waals surface area contributed by atoms with Gasteiger partial charge in [-0.3, -0.25) is 4.79 Å². The van der Waals surface area contributed by atoms with Gasteiger partial charge in [-0.2, -0.15) is 13.2 Å². The zero-order chi connectivity index (χ0) is 19.3. The van der Waals surface area contributed by atoms with Crippen LogP contribution in [0.15, 0.2) is 42.5 Å². The first kappa shape index (κ1) is 19.8. The lowest BCUT2D eigenvalue weighted by Crippen LogP contribution is -2.11. The molecule has 2 aromatic rings. The van der Waals surface area contributed by atoms with Crippen LogP contribution in [0.1, 0.15) is 21.5 Å². The summed E-state index contributed by atoms with van der Waals surface area (Å²) in [5.74, 6) is -1.48. The molecule has 0 radical (unpaired) electrons. The number of alkyl halides is 3.